The molecule has 3 heteroatoms. The van der Waals surface area contributed by atoms with Crippen molar-refractivity contribution in [3.05, 3.63) is 53.3 Å². The summed E-state index contributed by atoms with van der Waals surface area (Å²) in [5.41, 5.74) is 3.16. The van der Waals surface area contributed by atoms with Crippen LogP contribution in [0.25, 0.3) is 11.1 Å². The van der Waals surface area contributed by atoms with Crippen molar-refractivity contribution >= 4 is 11.6 Å². The van der Waals surface area contributed by atoms with E-state index in [-0.39, 0.29) is 0 Å². The molecule has 1 N–H and O–H groups in total. The van der Waals surface area contributed by atoms with Gasteiger partial charge in [0.2, 0.25) is 0 Å². The lowest BCUT2D eigenvalue weighted by molar-refractivity contribution is 0.791. The molecule has 0 saturated carbocycles. The molecule has 0 unspecified atom stereocenters. The lowest BCUT2D eigenvalue weighted by Gasteiger charge is -2.06. The minimum absolute atomic E-state index is 0.762. The molecule has 0 aliphatic heterocycles. The van der Waals surface area contributed by atoms with Crippen molar-refractivity contribution in [3.63, 3.8) is 0 Å². The molecule has 0 aliphatic rings. The first-order chi connectivity index (χ1) is 7.81. The summed E-state index contributed by atoms with van der Waals surface area (Å²) in [5, 5.41) is 3.85. The van der Waals surface area contributed by atoms with E-state index in [0.29, 0.717) is 0 Å². The second-order valence-electron chi connectivity index (χ2n) is 3.55. The molecular weight excluding hydrogens is 220 g/mol. The lowest BCUT2D eigenvalue weighted by atomic mass is 10.1. The first-order valence-electron chi connectivity index (χ1n) is 5.15. The quantitative estimate of drug-likeness (QED) is 0.880. The largest absolute Gasteiger partial charge is 0.314 e. The zero-order chi connectivity index (χ0) is 11.4. The van der Waals surface area contributed by atoms with Crippen LogP contribution in [0.3, 0.4) is 0 Å². The van der Waals surface area contributed by atoms with Crippen molar-refractivity contribution in [1.29, 1.82) is 0 Å². The highest BCUT2D eigenvalue weighted by Gasteiger charge is 2.03. The van der Waals surface area contributed by atoms with Gasteiger partial charge in [0.25, 0.3) is 0 Å². The first-order valence-corrected chi connectivity index (χ1v) is 5.53. The molecule has 1 heterocycles. The summed E-state index contributed by atoms with van der Waals surface area (Å²) in [5.74, 6) is 0. The molecule has 16 heavy (non-hydrogen) atoms. The van der Waals surface area contributed by atoms with Crippen LogP contribution < -0.4 is 5.32 Å². The molecule has 1 aromatic carbocycles. The summed E-state index contributed by atoms with van der Waals surface area (Å²) < 4.78 is 0. The number of nitrogens with zero attached hydrogens (tertiary/aromatic N) is 1. The molecule has 0 amide bonds. The number of benzene rings is 1. The number of pyridine rings is 1. The molecule has 82 valence electrons. The van der Waals surface area contributed by atoms with E-state index in [4.69, 9.17) is 11.6 Å². The van der Waals surface area contributed by atoms with Gasteiger partial charge in [-0.15, -0.1) is 0 Å². The van der Waals surface area contributed by atoms with Crippen molar-refractivity contribution in [3.8, 4) is 11.1 Å². The van der Waals surface area contributed by atoms with E-state index >= 15 is 0 Å². The molecule has 1 aromatic heterocycles. The Kier molecular flexibility index (Phi) is 3.54. The second-order valence-corrected chi connectivity index (χ2v) is 3.95. The topological polar surface area (TPSA) is 24.9 Å². The third-order valence-corrected chi connectivity index (χ3v) is 2.69. The van der Waals surface area contributed by atoms with Gasteiger partial charge in [-0.1, -0.05) is 29.8 Å². The molecule has 0 atom stereocenters. The second kappa shape index (κ2) is 5.10. The Labute approximate surface area is 100 Å². The van der Waals surface area contributed by atoms with Crippen molar-refractivity contribution in [2.24, 2.45) is 0 Å². The highest BCUT2D eigenvalue weighted by atomic mass is 35.5. The van der Waals surface area contributed by atoms with Gasteiger partial charge in [-0.05, 0) is 30.8 Å². The summed E-state index contributed by atoms with van der Waals surface area (Å²) in [4.78, 5) is 4.28. The van der Waals surface area contributed by atoms with E-state index in [2.05, 4.69) is 16.4 Å². The molecule has 0 aliphatic carbocycles. The zero-order valence-corrected chi connectivity index (χ0v) is 9.83. The molecule has 2 nitrogen and oxygen atoms in total. The van der Waals surface area contributed by atoms with Gasteiger partial charge in [-0.25, -0.2) is 0 Å². The number of rotatable bonds is 3. The maximum absolute atomic E-state index is 6.15. The fourth-order valence-electron chi connectivity index (χ4n) is 1.62. The predicted octanol–water partition coefficient (Wildman–Crippen LogP) is 3.12. The zero-order valence-electron chi connectivity index (χ0n) is 9.07. The van der Waals surface area contributed by atoms with E-state index in [9.17, 15) is 0 Å². The van der Waals surface area contributed by atoms with Crippen molar-refractivity contribution in [2.75, 3.05) is 7.05 Å². The first kappa shape index (κ1) is 11.1. The monoisotopic (exact) mass is 232 g/mol. The Morgan fingerprint density at radius 2 is 2.06 bits per heavy atom. The molecule has 0 radical (unpaired) electrons. The summed E-state index contributed by atoms with van der Waals surface area (Å²) in [6, 6.07) is 11.9. The molecule has 0 spiro atoms. The Bertz CT molecular complexity index is 483. The van der Waals surface area contributed by atoms with Gasteiger partial charge in [0.1, 0.15) is 0 Å². The van der Waals surface area contributed by atoms with E-state index in [1.54, 1.807) is 0 Å². The van der Waals surface area contributed by atoms with Crippen LogP contribution >= 0.6 is 11.6 Å². The van der Waals surface area contributed by atoms with E-state index in [1.165, 1.54) is 0 Å². The van der Waals surface area contributed by atoms with Gasteiger partial charge < -0.3 is 5.32 Å². The average Bonchev–Trinajstić information content (AvgIpc) is 2.30. The maximum Gasteiger partial charge on any atom is 0.0547 e. The molecular formula is C13H13ClN2. The fraction of sp³-hybridized carbons (Fsp3) is 0.154. The standard InChI is InChI=1S/C13H13ClN2/c1-15-9-11-8-10(6-7-16-11)12-4-2-3-5-13(12)14/h2-8,15H,9H2,1H3. The third-order valence-electron chi connectivity index (χ3n) is 2.36. The van der Waals surface area contributed by atoms with Gasteiger partial charge in [0, 0.05) is 23.3 Å². The lowest BCUT2D eigenvalue weighted by Crippen LogP contribution is -2.06. The van der Waals surface area contributed by atoms with Crippen LogP contribution in [0.5, 0.6) is 0 Å². The number of hydrogen-bond donors (Lipinski definition) is 1. The third kappa shape index (κ3) is 2.40. The summed E-state index contributed by atoms with van der Waals surface area (Å²) in [7, 11) is 1.91. The summed E-state index contributed by atoms with van der Waals surface area (Å²) in [6.45, 7) is 0.762. The van der Waals surface area contributed by atoms with Gasteiger partial charge in [0.15, 0.2) is 0 Å². The van der Waals surface area contributed by atoms with Crippen LogP contribution in [0.2, 0.25) is 5.02 Å². The van der Waals surface area contributed by atoms with Crippen molar-refractivity contribution < 1.29 is 0 Å². The number of aromatic nitrogens is 1. The van der Waals surface area contributed by atoms with E-state index < -0.39 is 0 Å². The predicted molar refractivity (Wildman–Crippen MR) is 67.4 cm³/mol. The SMILES string of the molecule is CNCc1cc(-c2ccccc2Cl)ccn1. The Hall–Kier alpha value is -1.38. The van der Waals surface area contributed by atoms with E-state index in [1.807, 2.05) is 43.6 Å². The van der Waals surface area contributed by atoms with Crippen LogP contribution in [0.4, 0.5) is 0 Å². The smallest absolute Gasteiger partial charge is 0.0547 e. The van der Waals surface area contributed by atoms with Crippen LogP contribution in [0.15, 0.2) is 42.6 Å². The molecule has 0 bridgehead atoms. The van der Waals surface area contributed by atoms with Crippen LogP contribution in [-0.2, 0) is 6.54 Å². The van der Waals surface area contributed by atoms with Crippen molar-refractivity contribution in [2.45, 2.75) is 6.54 Å². The van der Waals surface area contributed by atoms with Crippen molar-refractivity contribution in [1.82, 2.24) is 10.3 Å². The van der Waals surface area contributed by atoms with Gasteiger partial charge in [0.05, 0.1) is 5.69 Å². The van der Waals surface area contributed by atoms with Gasteiger partial charge in [-0.3, -0.25) is 4.98 Å². The van der Waals surface area contributed by atoms with Crippen LogP contribution in [-0.4, -0.2) is 12.0 Å². The highest BCUT2D eigenvalue weighted by molar-refractivity contribution is 6.33. The highest BCUT2D eigenvalue weighted by Crippen LogP contribution is 2.27. The van der Waals surface area contributed by atoms with E-state index in [0.717, 1.165) is 28.4 Å². The molecule has 0 fully saturated rings. The minimum Gasteiger partial charge on any atom is -0.314 e. The van der Waals surface area contributed by atoms with Crippen LogP contribution in [0.1, 0.15) is 5.69 Å². The Morgan fingerprint density at radius 3 is 2.81 bits per heavy atom. The Balaban J connectivity index is 2.40. The number of halogens is 1. The number of nitrogens with one attached hydrogen (secondary N) is 1. The average molecular weight is 233 g/mol. The molecule has 2 aromatic rings. The number of hydrogen-bond acceptors (Lipinski definition) is 2. The minimum atomic E-state index is 0.762. The molecule has 2 rings (SSSR count). The summed E-state index contributed by atoms with van der Waals surface area (Å²) in [6.07, 6.45) is 1.81. The van der Waals surface area contributed by atoms with Gasteiger partial charge in [-0.2, -0.15) is 0 Å². The molecule has 0 saturated heterocycles. The maximum atomic E-state index is 6.15. The van der Waals surface area contributed by atoms with Gasteiger partial charge >= 0.3 is 0 Å². The fourth-order valence-corrected chi connectivity index (χ4v) is 1.86. The van der Waals surface area contributed by atoms with Crippen LogP contribution in [0, 0.1) is 0 Å². The Morgan fingerprint density at radius 1 is 1.25 bits per heavy atom. The normalized spacial score (nSPS) is 10.4. The summed E-state index contributed by atoms with van der Waals surface area (Å²) >= 11 is 6.15.